The van der Waals surface area contributed by atoms with Gasteiger partial charge in [-0.15, -0.1) is 11.3 Å². The summed E-state index contributed by atoms with van der Waals surface area (Å²) >= 11 is 7.56. The molecule has 1 saturated heterocycles. The molecule has 1 aliphatic heterocycles. The average Bonchev–Trinajstić information content (AvgIpc) is 3.29. The summed E-state index contributed by atoms with van der Waals surface area (Å²) in [5.74, 6) is 0.108. The van der Waals surface area contributed by atoms with Gasteiger partial charge in [0, 0.05) is 24.8 Å². The molecular weight excluding hydrogens is 450 g/mol. The highest BCUT2D eigenvalue weighted by Crippen LogP contribution is 2.36. The summed E-state index contributed by atoms with van der Waals surface area (Å²) in [5, 5.41) is 15.2. The minimum atomic E-state index is -0.899. The maximum atomic E-state index is 12.3. The van der Waals surface area contributed by atoms with E-state index in [2.05, 4.69) is 20.6 Å². The highest BCUT2D eigenvalue weighted by atomic mass is 35.5. The number of amides is 3. The molecule has 0 saturated carbocycles. The first-order chi connectivity index (χ1) is 15.3. The summed E-state index contributed by atoms with van der Waals surface area (Å²) in [6.45, 7) is 3.78. The lowest BCUT2D eigenvalue weighted by atomic mass is 10.0. The summed E-state index contributed by atoms with van der Waals surface area (Å²) in [7, 11) is 0. The predicted molar refractivity (Wildman–Crippen MR) is 125 cm³/mol. The molecule has 4 rings (SSSR count). The maximum absolute atomic E-state index is 12.3. The van der Waals surface area contributed by atoms with Gasteiger partial charge in [0.1, 0.15) is 5.54 Å². The van der Waals surface area contributed by atoms with Gasteiger partial charge in [0.05, 0.1) is 21.5 Å². The third-order valence-electron chi connectivity index (χ3n) is 5.08. The number of urea groups is 1. The Balaban J connectivity index is 1.58. The van der Waals surface area contributed by atoms with Crippen LogP contribution in [0.25, 0.3) is 21.7 Å². The number of thiophene rings is 1. The number of hydrogen-bond donors (Lipinski definition) is 3. The first-order valence-corrected chi connectivity index (χ1v) is 11.2. The lowest BCUT2D eigenvalue weighted by Crippen LogP contribution is -2.40. The molecule has 3 heterocycles. The number of halogens is 1. The molecule has 32 heavy (non-hydrogen) atoms. The highest BCUT2D eigenvalue weighted by Gasteiger charge is 2.43. The monoisotopic (exact) mass is 471 g/mol. The van der Waals surface area contributed by atoms with Crippen LogP contribution >= 0.6 is 22.9 Å². The summed E-state index contributed by atoms with van der Waals surface area (Å²) in [6, 6.07) is 10.8. The van der Waals surface area contributed by atoms with Crippen LogP contribution in [0.1, 0.15) is 19.4 Å². The van der Waals surface area contributed by atoms with Gasteiger partial charge in [0.25, 0.3) is 5.91 Å². The third-order valence-corrected chi connectivity index (χ3v) is 6.32. The Labute approximate surface area is 194 Å². The van der Waals surface area contributed by atoms with Crippen molar-refractivity contribution in [1.82, 2.24) is 20.2 Å². The number of nitrogens with one attached hydrogen (secondary N) is 2. The van der Waals surface area contributed by atoms with Crippen LogP contribution in [0.5, 0.6) is 0 Å². The fraction of sp³-hybridized carbons (Fsp3) is 0.273. The minimum absolute atomic E-state index is 0.0614. The number of carbonyl (C=O) groups is 2. The summed E-state index contributed by atoms with van der Waals surface area (Å²) < 4.78 is 0.643. The van der Waals surface area contributed by atoms with Crippen molar-refractivity contribution in [2.75, 3.05) is 18.4 Å². The van der Waals surface area contributed by atoms with Crippen LogP contribution in [0, 0.1) is 0 Å². The first-order valence-electron chi connectivity index (χ1n) is 9.99. The van der Waals surface area contributed by atoms with Crippen molar-refractivity contribution in [2.45, 2.75) is 26.0 Å². The topological polar surface area (TPSA) is 107 Å². The van der Waals surface area contributed by atoms with Crippen molar-refractivity contribution >= 4 is 40.8 Å². The molecule has 0 unspecified atom stereocenters. The largest absolute Gasteiger partial charge is 0.392 e. The molecule has 0 bridgehead atoms. The molecule has 3 N–H and O–H groups in total. The van der Waals surface area contributed by atoms with E-state index < -0.39 is 11.6 Å². The molecular formula is C22H22ClN5O3S. The molecule has 166 valence electrons. The van der Waals surface area contributed by atoms with Crippen molar-refractivity contribution < 1.29 is 14.7 Å². The van der Waals surface area contributed by atoms with Crippen LogP contribution < -0.4 is 10.6 Å². The number of aliphatic hydroxyl groups is 1. The fourth-order valence-electron chi connectivity index (χ4n) is 3.45. The number of nitrogens with zero attached hydrogens (tertiary/aromatic N) is 3. The molecule has 1 aliphatic rings. The van der Waals surface area contributed by atoms with Gasteiger partial charge in [-0.05, 0) is 43.2 Å². The van der Waals surface area contributed by atoms with Crippen molar-refractivity contribution in [3.8, 4) is 21.7 Å². The third kappa shape index (κ3) is 4.45. The predicted octanol–water partition coefficient (Wildman–Crippen LogP) is 3.76. The van der Waals surface area contributed by atoms with E-state index in [1.165, 1.54) is 16.2 Å². The van der Waals surface area contributed by atoms with Crippen LogP contribution in [-0.2, 0) is 11.4 Å². The number of aromatic nitrogens is 2. The quantitative estimate of drug-likeness (QED) is 0.453. The number of carbonyl (C=O) groups excluding carboxylic acids is 2. The number of hydrogen-bond acceptors (Lipinski definition) is 7. The summed E-state index contributed by atoms with van der Waals surface area (Å²) in [6.07, 6.45) is 1.71. The number of rotatable bonds is 7. The molecule has 3 amide bonds. The van der Waals surface area contributed by atoms with Gasteiger partial charge in [0.2, 0.25) is 5.95 Å². The molecule has 1 aromatic carbocycles. The highest BCUT2D eigenvalue weighted by molar-refractivity contribution is 7.19. The standard InChI is InChI=1S/C22H22ClN5O3S/c1-22(2)19(30)28(21(31)27-22)9-8-24-20-25-11-15(14-5-3-4-13(10-14)12-29)18(26-20)16-6-7-17(23)32-16/h3-7,10-11,29H,8-9,12H2,1-2H3,(H,27,31)(H,24,25,26). The molecule has 0 aliphatic carbocycles. The lowest BCUT2D eigenvalue weighted by Gasteiger charge is -2.16. The van der Waals surface area contributed by atoms with Crippen molar-refractivity contribution in [3.05, 3.63) is 52.5 Å². The second kappa shape index (κ2) is 8.85. The van der Waals surface area contributed by atoms with Gasteiger partial charge in [0.15, 0.2) is 0 Å². The number of aliphatic hydroxyl groups excluding tert-OH is 1. The number of benzene rings is 1. The average molecular weight is 472 g/mol. The van der Waals surface area contributed by atoms with E-state index in [0.717, 1.165) is 21.6 Å². The van der Waals surface area contributed by atoms with E-state index in [4.69, 9.17) is 11.6 Å². The zero-order valence-electron chi connectivity index (χ0n) is 17.6. The van der Waals surface area contributed by atoms with Gasteiger partial charge in [-0.3, -0.25) is 9.69 Å². The Morgan fingerprint density at radius 1 is 1.25 bits per heavy atom. The molecule has 0 spiro atoms. The van der Waals surface area contributed by atoms with Gasteiger partial charge >= 0.3 is 6.03 Å². The smallest absolute Gasteiger partial charge is 0.325 e. The maximum Gasteiger partial charge on any atom is 0.325 e. The van der Waals surface area contributed by atoms with Gasteiger partial charge in [-0.1, -0.05) is 29.8 Å². The Bertz CT molecular complexity index is 1180. The molecule has 10 heteroatoms. The Morgan fingerprint density at radius 3 is 2.72 bits per heavy atom. The van der Waals surface area contributed by atoms with Crippen LogP contribution in [-0.4, -0.2) is 50.5 Å². The molecule has 2 aromatic heterocycles. The number of imide groups is 1. The first kappa shape index (κ1) is 22.2. The van der Waals surface area contributed by atoms with E-state index >= 15 is 0 Å². The summed E-state index contributed by atoms with van der Waals surface area (Å²) in [4.78, 5) is 35.5. The van der Waals surface area contributed by atoms with Gasteiger partial charge in [-0.25, -0.2) is 14.8 Å². The molecule has 3 aromatic rings. The molecule has 1 fully saturated rings. The zero-order valence-corrected chi connectivity index (χ0v) is 19.1. The normalized spacial score (nSPS) is 15.2. The van der Waals surface area contributed by atoms with E-state index in [1.54, 1.807) is 20.0 Å². The van der Waals surface area contributed by atoms with E-state index in [1.807, 2.05) is 36.4 Å². The molecule has 0 atom stereocenters. The van der Waals surface area contributed by atoms with E-state index in [9.17, 15) is 14.7 Å². The fourth-order valence-corrected chi connectivity index (χ4v) is 4.49. The van der Waals surface area contributed by atoms with Gasteiger partial charge in [-0.2, -0.15) is 0 Å². The molecule has 0 radical (unpaired) electrons. The SMILES string of the molecule is CC1(C)NC(=O)N(CCNc2ncc(-c3cccc(CO)c3)c(-c3ccc(Cl)s3)n2)C1=O. The number of anilines is 1. The van der Waals surface area contributed by atoms with Crippen LogP contribution in [0.4, 0.5) is 10.7 Å². The Kier molecular flexibility index (Phi) is 6.14. The second-order valence-electron chi connectivity index (χ2n) is 7.86. The van der Waals surface area contributed by atoms with Crippen LogP contribution in [0.3, 0.4) is 0 Å². The molecule has 8 nitrogen and oxygen atoms in total. The Morgan fingerprint density at radius 2 is 2.06 bits per heavy atom. The van der Waals surface area contributed by atoms with Crippen molar-refractivity contribution in [3.63, 3.8) is 0 Å². The van der Waals surface area contributed by atoms with E-state index in [0.29, 0.717) is 22.5 Å². The van der Waals surface area contributed by atoms with Crippen molar-refractivity contribution in [1.29, 1.82) is 0 Å². The van der Waals surface area contributed by atoms with Gasteiger partial charge < -0.3 is 15.7 Å². The van der Waals surface area contributed by atoms with Crippen molar-refractivity contribution in [2.24, 2.45) is 0 Å². The summed E-state index contributed by atoms with van der Waals surface area (Å²) in [5.41, 5.74) is 2.27. The minimum Gasteiger partial charge on any atom is -0.392 e. The second-order valence-corrected chi connectivity index (χ2v) is 9.57. The lowest BCUT2D eigenvalue weighted by molar-refractivity contribution is -0.130. The zero-order chi connectivity index (χ0) is 22.9. The van der Waals surface area contributed by atoms with Crippen LogP contribution in [0.15, 0.2) is 42.6 Å². The Hall–Kier alpha value is -3.01. The van der Waals surface area contributed by atoms with Crippen LogP contribution in [0.2, 0.25) is 4.34 Å². The van der Waals surface area contributed by atoms with E-state index in [-0.39, 0.29) is 19.1 Å².